The van der Waals surface area contributed by atoms with E-state index in [2.05, 4.69) is 10.6 Å². The van der Waals surface area contributed by atoms with Gasteiger partial charge in [0.25, 0.3) is 11.8 Å². The summed E-state index contributed by atoms with van der Waals surface area (Å²) >= 11 is 1.32. The number of rotatable bonds is 10. The SMILES string of the molecule is COc1ccc(C(=O)Nc2cccc(SC(C(=O)Nc3ccccc3C(N)=O)c3ccccc3)c2)cc1OC. The number of ether oxygens (including phenoxy) is 2. The third-order valence-electron chi connectivity index (χ3n) is 5.78. The first-order chi connectivity index (χ1) is 18.9. The van der Waals surface area contributed by atoms with Gasteiger partial charge in [0, 0.05) is 16.1 Å². The molecule has 0 spiro atoms. The van der Waals surface area contributed by atoms with Crippen LogP contribution in [0.1, 0.15) is 31.5 Å². The van der Waals surface area contributed by atoms with Crippen molar-refractivity contribution in [2.45, 2.75) is 10.1 Å². The molecule has 0 fully saturated rings. The highest BCUT2D eigenvalue weighted by Crippen LogP contribution is 2.37. The van der Waals surface area contributed by atoms with E-state index >= 15 is 0 Å². The van der Waals surface area contributed by atoms with Crippen molar-refractivity contribution in [3.8, 4) is 11.5 Å². The van der Waals surface area contributed by atoms with E-state index in [1.165, 1.54) is 26.0 Å². The highest BCUT2D eigenvalue weighted by Gasteiger charge is 2.24. The van der Waals surface area contributed by atoms with Gasteiger partial charge in [0.1, 0.15) is 5.25 Å². The monoisotopic (exact) mass is 541 g/mol. The minimum atomic E-state index is -0.649. The Kier molecular flexibility index (Phi) is 8.86. The van der Waals surface area contributed by atoms with Crippen molar-refractivity contribution in [2.24, 2.45) is 5.73 Å². The van der Waals surface area contributed by atoms with Gasteiger partial charge in [-0.2, -0.15) is 0 Å². The highest BCUT2D eigenvalue weighted by molar-refractivity contribution is 8.00. The molecule has 0 heterocycles. The summed E-state index contributed by atoms with van der Waals surface area (Å²) in [5, 5.41) is 5.09. The highest BCUT2D eigenvalue weighted by atomic mass is 32.2. The third-order valence-corrected chi connectivity index (χ3v) is 7.03. The van der Waals surface area contributed by atoms with Crippen LogP contribution in [0.5, 0.6) is 11.5 Å². The summed E-state index contributed by atoms with van der Waals surface area (Å²) in [6.45, 7) is 0. The molecule has 3 amide bonds. The number of thioether (sulfide) groups is 1. The Morgan fingerprint density at radius 3 is 2.21 bits per heavy atom. The molecule has 0 bridgehead atoms. The van der Waals surface area contributed by atoms with Crippen molar-refractivity contribution in [3.05, 3.63) is 114 Å². The number of hydrogen-bond acceptors (Lipinski definition) is 6. The smallest absolute Gasteiger partial charge is 0.255 e. The molecule has 9 heteroatoms. The Labute approximate surface area is 230 Å². The number of carbonyl (C=O) groups excluding carboxylic acids is 3. The van der Waals surface area contributed by atoms with Crippen LogP contribution in [0.4, 0.5) is 11.4 Å². The number of primary amides is 1. The van der Waals surface area contributed by atoms with Crippen molar-refractivity contribution in [1.29, 1.82) is 0 Å². The lowest BCUT2D eigenvalue weighted by molar-refractivity contribution is -0.115. The molecule has 4 aromatic carbocycles. The molecule has 1 unspecified atom stereocenters. The fraction of sp³-hybridized carbons (Fsp3) is 0.100. The molecule has 198 valence electrons. The van der Waals surface area contributed by atoms with Crippen LogP contribution in [-0.2, 0) is 4.79 Å². The van der Waals surface area contributed by atoms with Crippen LogP contribution >= 0.6 is 11.8 Å². The van der Waals surface area contributed by atoms with Gasteiger partial charge in [0.15, 0.2) is 11.5 Å². The van der Waals surface area contributed by atoms with Gasteiger partial charge < -0.3 is 25.8 Å². The number of methoxy groups -OCH3 is 2. The summed E-state index contributed by atoms with van der Waals surface area (Å²) in [5.41, 5.74) is 7.79. The Bertz CT molecular complexity index is 1490. The van der Waals surface area contributed by atoms with Crippen LogP contribution in [-0.4, -0.2) is 31.9 Å². The van der Waals surface area contributed by atoms with E-state index < -0.39 is 11.2 Å². The zero-order valence-electron chi connectivity index (χ0n) is 21.3. The fourth-order valence-corrected chi connectivity index (χ4v) is 4.95. The number of nitrogens with two attached hydrogens (primary N) is 1. The van der Waals surface area contributed by atoms with Crippen molar-refractivity contribution in [1.82, 2.24) is 0 Å². The van der Waals surface area contributed by atoms with E-state index in [-0.39, 0.29) is 17.4 Å². The van der Waals surface area contributed by atoms with Gasteiger partial charge in [-0.3, -0.25) is 14.4 Å². The lowest BCUT2D eigenvalue weighted by Crippen LogP contribution is -2.22. The predicted octanol–water partition coefficient (Wildman–Crippen LogP) is 5.53. The van der Waals surface area contributed by atoms with Crippen LogP contribution in [0, 0.1) is 0 Å². The molecule has 0 aliphatic carbocycles. The number of anilines is 2. The van der Waals surface area contributed by atoms with Gasteiger partial charge in [-0.15, -0.1) is 11.8 Å². The lowest BCUT2D eigenvalue weighted by Gasteiger charge is -2.18. The van der Waals surface area contributed by atoms with E-state index in [0.29, 0.717) is 28.4 Å². The van der Waals surface area contributed by atoms with E-state index in [4.69, 9.17) is 15.2 Å². The second-order valence-electron chi connectivity index (χ2n) is 8.36. The summed E-state index contributed by atoms with van der Waals surface area (Å²) in [7, 11) is 3.03. The summed E-state index contributed by atoms with van der Waals surface area (Å²) in [6.07, 6.45) is 0. The van der Waals surface area contributed by atoms with Crippen LogP contribution < -0.4 is 25.8 Å². The molecule has 4 rings (SSSR count). The molecule has 0 aliphatic rings. The number of hydrogen-bond donors (Lipinski definition) is 3. The molecule has 0 aromatic heterocycles. The maximum Gasteiger partial charge on any atom is 0.255 e. The molecule has 39 heavy (non-hydrogen) atoms. The van der Waals surface area contributed by atoms with E-state index in [9.17, 15) is 14.4 Å². The minimum absolute atomic E-state index is 0.225. The van der Waals surface area contributed by atoms with Gasteiger partial charge in [-0.05, 0) is 54.1 Å². The van der Waals surface area contributed by atoms with E-state index in [1.54, 1.807) is 60.7 Å². The molecule has 0 saturated carbocycles. The maximum atomic E-state index is 13.5. The van der Waals surface area contributed by atoms with Crippen LogP contribution in [0.15, 0.2) is 102 Å². The standard InChI is InChI=1S/C30H27N3O5S/c1-37-25-16-15-20(17-26(25)38-2)29(35)32-21-11-8-12-22(18-21)39-27(19-9-4-3-5-10-19)30(36)33-24-14-7-6-13-23(24)28(31)34/h3-18,27H,1-2H3,(H2,31,34)(H,32,35)(H,33,36). The zero-order valence-corrected chi connectivity index (χ0v) is 22.2. The molecule has 8 nitrogen and oxygen atoms in total. The molecule has 0 saturated heterocycles. The average molecular weight is 542 g/mol. The third kappa shape index (κ3) is 6.77. The molecule has 4 aromatic rings. The van der Waals surface area contributed by atoms with E-state index in [1.807, 2.05) is 36.4 Å². The van der Waals surface area contributed by atoms with Crippen molar-refractivity contribution in [3.63, 3.8) is 0 Å². The topological polar surface area (TPSA) is 120 Å². The molecule has 4 N–H and O–H groups in total. The van der Waals surface area contributed by atoms with Gasteiger partial charge in [-0.25, -0.2) is 0 Å². The second-order valence-corrected chi connectivity index (χ2v) is 9.54. The van der Waals surface area contributed by atoms with Crippen molar-refractivity contribution >= 4 is 40.9 Å². The largest absolute Gasteiger partial charge is 0.493 e. The number of para-hydroxylation sites is 1. The second kappa shape index (κ2) is 12.7. The zero-order chi connectivity index (χ0) is 27.8. The first-order valence-electron chi connectivity index (χ1n) is 11.9. The fourth-order valence-electron chi connectivity index (χ4n) is 3.87. The molecular weight excluding hydrogens is 514 g/mol. The number of amides is 3. The molecule has 0 aliphatic heterocycles. The van der Waals surface area contributed by atoms with E-state index in [0.717, 1.165) is 10.5 Å². The Morgan fingerprint density at radius 1 is 0.769 bits per heavy atom. The Hall–Kier alpha value is -4.76. The van der Waals surface area contributed by atoms with Gasteiger partial charge in [0.2, 0.25) is 5.91 Å². The van der Waals surface area contributed by atoms with Crippen molar-refractivity contribution < 1.29 is 23.9 Å². The summed E-state index contributed by atoms with van der Waals surface area (Å²) in [4.78, 5) is 39.0. The normalized spacial score (nSPS) is 11.2. The Morgan fingerprint density at radius 2 is 1.49 bits per heavy atom. The molecule has 1 atom stereocenters. The average Bonchev–Trinajstić information content (AvgIpc) is 2.96. The lowest BCUT2D eigenvalue weighted by atomic mass is 10.1. The Balaban J connectivity index is 1.56. The van der Waals surface area contributed by atoms with Crippen LogP contribution in [0.25, 0.3) is 0 Å². The molecular formula is C30H27N3O5S. The number of benzene rings is 4. The first kappa shape index (κ1) is 27.3. The minimum Gasteiger partial charge on any atom is -0.493 e. The maximum absolute atomic E-state index is 13.5. The van der Waals surface area contributed by atoms with Crippen LogP contribution in [0.3, 0.4) is 0 Å². The summed E-state index contributed by atoms with van der Waals surface area (Å²) in [6, 6.07) is 28.0. The van der Waals surface area contributed by atoms with Crippen LogP contribution in [0.2, 0.25) is 0 Å². The number of carbonyl (C=O) groups is 3. The van der Waals surface area contributed by atoms with Gasteiger partial charge >= 0.3 is 0 Å². The quantitative estimate of drug-likeness (QED) is 0.227. The summed E-state index contributed by atoms with van der Waals surface area (Å²) < 4.78 is 10.5. The molecule has 0 radical (unpaired) electrons. The van der Waals surface area contributed by atoms with Crippen molar-refractivity contribution in [2.75, 3.05) is 24.9 Å². The van der Waals surface area contributed by atoms with Gasteiger partial charge in [0.05, 0.1) is 25.5 Å². The van der Waals surface area contributed by atoms with Gasteiger partial charge in [-0.1, -0.05) is 48.5 Å². The predicted molar refractivity (Wildman–Crippen MR) is 153 cm³/mol. The summed E-state index contributed by atoms with van der Waals surface area (Å²) in [5.74, 6) is -0.300. The number of nitrogens with one attached hydrogen (secondary N) is 2. The first-order valence-corrected chi connectivity index (χ1v) is 12.8.